The van der Waals surface area contributed by atoms with Crippen molar-refractivity contribution < 1.29 is 4.79 Å². The smallest absolute Gasteiger partial charge is 0.253 e. The summed E-state index contributed by atoms with van der Waals surface area (Å²) in [4.78, 5) is 21.7. The second kappa shape index (κ2) is 6.80. The number of nitrogens with zero attached hydrogens (tertiary/aromatic N) is 3. The fraction of sp³-hybridized carbons (Fsp3) is 0.0952. The molecule has 0 fully saturated rings. The Balaban J connectivity index is 1.67. The maximum Gasteiger partial charge on any atom is 0.253 e. The molecule has 5 heteroatoms. The van der Waals surface area contributed by atoms with E-state index in [9.17, 15) is 4.79 Å². The third kappa shape index (κ3) is 3.19. The quantitative estimate of drug-likeness (QED) is 0.617. The van der Waals surface area contributed by atoms with Gasteiger partial charge in [0.1, 0.15) is 5.65 Å². The summed E-state index contributed by atoms with van der Waals surface area (Å²) in [5.41, 5.74) is 4.10. The van der Waals surface area contributed by atoms with Gasteiger partial charge in [-0.05, 0) is 36.8 Å². The van der Waals surface area contributed by atoms with Crippen molar-refractivity contribution in [3.05, 3.63) is 102 Å². The zero-order valence-electron chi connectivity index (χ0n) is 14.3. The predicted molar refractivity (Wildman–Crippen MR) is 99.9 cm³/mol. The summed E-state index contributed by atoms with van der Waals surface area (Å²) >= 11 is 0. The van der Waals surface area contributed by atoms with Crippen molar-refractivity contribution in [3.63, 3.8) is 0 Å². The van der Waals surface area contributed by atoms with Gasteiger partial charge in [0.05, 0.1) is 23.0 Å². The van der Waals surface area contributed by atoms with E-state index in [2.05, 4.69) is 15.3 Å². The molecule has 1 N–H and O–H groups in total. The molecule has 0 radical (unpaired) electrons. The Bertz CT molecular complexity index is 1000. The van der Waals surface area contributed by atoms with Gasteiger partial charge in [-0.25, -0.2) is 4.98 Å². The lowest BCUT2D eigenvalue weighted by Gasteiger charge is -2.19. The van der Waals surface area contributed by atoms with Crippen LogP contribution >= 0.6 is 0 Å². The number of hydrogen-bond acceptors (Lipinski definition) is 3. The highest BCUT2D eigenvalue weighted by Crippen LogP contribution is 2.20. The van der Waals surface area contributed by atoms with Crippen LogP contribution in [0.5, 0.6) is 0 Å². The summed E-state index contributed by atoms with van der Waals surface area (Å²) in [6.45, 7) is 1.93. The number of imidazole rings is 1. The molecule has 5 nitrogen and oxygen atoms in total. The molecule has 0 aliphatic rings. The van der Waals surface area contributed by atoms with E-state index in [0.717, 1.165) is 22.6 Å². The monoisotopic (exact) mass is 342 g/mol. The predicted octanol–water partition coefficient (Wildman–Crippen LogP) is 3.56. The van der Waals surface area contributed by atoms with Crippen molar-refractivity contribution in [2.45, 2.75) is 13.0 Å². The van der Waals surface area contributed by atoms with Crippen LogP contribution in [-0.2, 0) is 0 Å². The molecule has 0 saturated carbocycles. The molecule has 4 rings (SSSR count). The molecule has 1 aromatic carbocycles. The molecule has 3 aromatic heterocycles. The van der Waals surface area contributed by atoms with Crippen molar-refractivity contribution in [2.75, 3.05) is 0 Å². The molecule has 0 aliphatic heterocycles. The average molecular weight is 342 g/mol. The first-order valence-electron chi connectivity index (χ1n) is 8.43. The van der Waals surface area contributed by atoms with Gasteiger partial charge in [-0.3, -0.25) is 9.78 Å². The zero-order valence-corrected chi connectivity index (χ0v) is 14.3. The van der Waals surface area contributed by atoms with Crippen LogP contribution in [0.1, 0.15) is 33.4 Å². The molecule has 128 valence electrons. The largest absolute Gasteiger partial charge is 0.339 e. The van der Waals surface area contributed by atoms with Crippen LogP contribution in [-0.4, -0.2) is 20.3 Å². The Morgan fingerprint density at radius 1 is 1.00 bits per heavy atom. The summed E-state index contributed by atoms with van der Waals surface area (Å²) in [5, 5.41) is 3.10. The standard InChI is InChI=1S/C21H18N4O/c1-15-13-25-14-17(10-11-19(25)23-15)21(26)24-20(16-7-3-2-4-8-16)18-9-5-6-12-22-18/h2-14,20H,1H3,(H,24,26)/t20-/m0/s1. The number of aryl methyl sites for hydroxylation is 1. The van der Waals surface area contributed by atoms with Crippen LogP contribution in [0.3, 0.4) is 0 Å². The van der Waals surface area contributed by atoms with E-state index in [1.807, 2.05) is 72.1 Å². The summed E-state index contributed by atoms with van der Waals surface area (Å²) in [6, 6.07) is 18.9. The fourth-order valence-electron chi connectivity index (χ4n) is 2.99. The fourth-order valence-corrected chi connectivity index (χ4v) is 2.99. The van der Waals surface area contributed by atoms with E-state index in [1.165, 1.54) is 0 Å². The molecule has 4 aromatic rings. The number of rotatable bonds is 4. The lowest BCUT2D eigenvalue weighted by molar-refractivity contribution is 0.0942. The maximum absolute atomic E-state index is 12.9. The SMILES string of the molecule is Cc1cn2cc(C(=O)N[C@@H](c3ccccc3)c3ccccn3)ccc2n1. The maximum atomic E-state index is 12.9. The molecule has 1 atom stereocenters. The summed E-state index contributed by atoms with van der Waals surface area (Å²) in [5.74, 6) is -0.155. The minimum Gasteiger partial charge on any atom is -0.339 e. The second-order valence-corrected chi connectivity index (χ2v) is 6.14. The van der Waals surface area contributed by atoms with Crippen molar-refractivity contribution in [3.8, 4) is 0 Å². The molecule has 0 bridgehead atoms. The number of amides is 1. The molecule has 0 spiro atoms. The minimum absolute atomic E-state index is 0.155. The topological polar surface area (TPSA) is 59.3 Å². The Kier molecular flexibility index (Phi) is 4.19. The highest BCUT2D eigenvalue weighted by Gasteiger charge is 2.19. The van der Waals surface area contributed by atoms with E-state index in [4.69, 9.17) is 0 Å². The first-order valence-corrected chi connectivity index (χ1v) is 8.43. The van der Waals surface area contributed by atoms with Crippen LogP contribution in [0.15, 0.2) is 79.3 Å². The van der Waals surface area contributed by atoms with E-state index >= 15 is 0 Å². The number of hydrogen-bond donors (Lipinski definition) is 1. The second-order valence-electron chi connectivity index (χ2n) is 6.14. The van der Waals surface area contributed by atoms with Gasteiger partial charge >= 0.3 is 0 Å². The van der Waals surface area contributed by atoms with E-state index in [0.29, 0.717) is 5.56 Å². The Hall–Kier alpha value is -3.47. The van der Waals surface area contributed by atoms with Crippen molar-refractivity contribution >= 4 is 11.6 Å². The Labute approximate surface area is 151 Å². The van der Waals surface area contributed by atoms with Gasteiger partial charge in [-0.1, -0.05) is 36.4 Å². The molecule has 0 aliphatic carbocycles. The third-order valence-corrected chi connectivity index (χ3v) is 4.23. The molecule has 1 amide bonds. The number of aromatic nitrogens is 3. The number of carbonyl (C=O) groups excluding carboxylic acids is 1. The van der Waals surface area contributed by atoms with Crippen LogP contribution in [0.25, 0.3) is 5.65 Å². The zero-order chi connectivity index (χ0) is 17.9. The highest BCUT2D eigenvalue weighted by atomic mass is 16.1. The molecular weight excluding hydrogens is 324 g/mol. The number of pyridine rings is 2. The van der Waals surface area contributed by atoms with Gasteiger partial charge in [0.25, 0.3) is 5.91 Å². The Morgan fingerprint density at radius 2 is 1.81 bits per heavy atom. The van der Waals surface area contributed by atoms with Crippen LogP contribution in [0.4, 0.5) is 0 Å². The van der Waals surface area contributed by atoms with E-state index in [-0.39, 0.29) is 11.9 Å². The van der Waals surface area contributed by atoms with E-state index in [1.54, 1.807) is 18.5 Å². The van der Waals surface area contributed by atoms with Gasteiger partial charge in [-0.15, -0.1) is 0 Å². The van der Waals surface area contributed by atoms with E-state index < -0.39 is 0 Å². The van der Waals surface area contributed by atoms with Gasteiger partial charge in [0.15, 0.2) is 0 Å². The van der Waals surface area contributed by atoms with Gasteiger partial charge in [-0.2, -0.15) is 0 Å². The third-order valence-electron chi connectivity index (χ3n) is 4.23. The number of benzene rings is 1. The minimum atomic E-state index is -0.315. The summed E-state index contributed by atoms with van der Waals surface area (Å²) in [7, 11) is 0. The van der Waals surface area contributed by atoms with Crippen molar-refractivity contribution in [1.29, 1.82) is 0 Å². The van der Waals surface area contributed by atoms with Gasteiger partial charge in [0, 0.05) is 18.6 Å². The number of fused-ring (bicyclic) bond motifs is 1. The lowest BCUT2D eigenvalue weighted by atomic mass is 10.0. The molecule has 0 unspecified atom stereocenters. The number of carbonyl (C=O) groups is 1. The molecule has 0 saturated heterocycles. The summed E-state index contributed by atoms with van der Waals surface area (Å²) in [6.07, 6.45) is 5.43. The van der Waals surface area contributed by atoms with Crippen molar-refractivity contribution in [1.82, 2.24) is 19.7 Å². The lowest BCUT2D eigenvalue weighted by Crippen LogP contribution is -2.30. The number of nitrogens with one attached hydrogen (secondary N) is 1. The summed E-state index contributed by atoms with van der Waals surface area (Å²) < 4.78 is 1.86. The first kappa shape index (κ1) is 16.0. The average Bonchev–Trinajstić information content (AvgIpc) is 3.06. The van der Waals surface area contributed by atoms with Gasteiger partial charge in [0.2, 0.25) is 0 Å². The van der Waals surface area contributed by atoms with Gasteiger partial charge < -0.3 is 9.72 Å². The van der Waals surface area contributed by atoms with Crippen molar-refractivity contribution in [2.24, 2.45) is 0 Å². The normalized spacial score (nSPS) is 12.0. The van der Waals surface area contributed by atoms with Crippen LogP contribution < -0.4 is 5.32 Å². The highest BCUT2D eigenvalue weighted by molar-refractivity contribution is 5.94. The first-order chi connectivity index (χ1) is 12.7. The Morgan fingerprint density at radius 3 is 2.58 bits per heavy atom. The molecule has 26 heavy (non-hydrogen) atoms. The van der Waals surface area contributed by atoms with Crippen LogP contribution in [0.2, 0.25) is 0 Å². The molecular formula is C21H18N4O. The van der Waals surface area contributed by atoms with Crippen LogP contribution in [0, 0.1) is 6.92 Å². The molecule has 3 heterocycles.